The highest BCUT2D eigenvalue weighted by Crippen LogP contribution is 2.34. The largest absolute Gasteiger partial charge is 0.339 e. The Morgan fingerprint density at radius 3 is 2.60 bits per heavy atom. The summed E-state index contributed by atoms with van der Waals surface area (Å²) in [7, 11) is -0.414. The van der Waals surface area contributed by atoms with Crippen LogP contribution < -0.4 is 5.32 Å². The van der Waals surface area contributed by atoms with Crippen molar-refractivity contribution in [2.45, 2.75) is 18.9 Å². The number of pyridine rings is 2. The van der Waals surface area contributed by atoms with Crippen molar-refractivity contribution in [1.82, 2.24) is 18.6 Å². The van der Waals surface area contributed by atoms with Gasteiger partial charge in [0.2, 0.25) is 0 Å². The topological polar surface area (TPSA) is 78.4 Å². The minimum absolute atomic E-state index is 0.259. The second-order valence-corrected chi connectivity index (χ2v) is 8.11. The molecule has 0 saturated carbocycles. The highest BCUT2D eigenvalue weighted by Gasteiger charge is 2.37. The van der Waals surface area contributed by atoms with E-state index in [0.717, 1.165) is 19.0 Å². The van der Waals surface area contributed by atoms with Gasteiger partial charge >= 0.3 is 0 Å². The molecule has 0 spiro atoms. The highest BCUT2D eigenvalue weighted by atomic mass is 32.2. The van der Waals surface area contributed by atoms with E-state index in [1.54, 1.807) is 12.3 Å². The van der Waals surface area contributed by atoms with E-state index in [2.05, 4.69) is 15.3 Å². The Balaban J connectivity index is 1.76. The van der Waals surface area contributed by atoms with Crippen LogP contribution in [0.4, 0.5) is 15.9 Å². The third-order valence-electron chi connectivity index (χ3n) is 4.09. The number of hydrogen-bond acceptors (Lipinski definition) is 5. The third-order valence-corrected chi connectivity index (χ3v) is 6.04. The quantitative estimate of drug-likeness (QED) is 0.880. The molecular formula is C16H20FN5O2S. The first-order valence-electron chi connectivity index (χ1n) is 7.92. The fraction of sp³-hybridized carbons (Fsp3) is 0.375. The Hall–Kier alpha value is -2.10. The lowest BCUT2D eigenvalue weighted by Gasteiger charge is -2.26. The molecule has 1 aliphatic heterocycles. The summed E-state index contributed by atoms with van der Waals surface area (Å²) >= 11 is 0. The molecule has 0 bridgehead atoms. The van der Waals surface area contributed by atoms with Crippen LogP contribution in [0.25, 0.3) is 0 Å². The fourth-order valence-electron chi connectivity index (χ4n) is 2.80. The molecule has 0 aliphatic carbocycles. The summed E-state index contributed by atoms with van der Waals surface area (Å²) in [5, 5.41) is 3.03. The molecule has 1 fully saturated rings. The zero-order valence-electron chi connectivity index (χ0n) is 14.1. The second-order valence-electron chi connectivity index (χ2n) is 6.02. The Morgan fingerprint density at radius 1 is 1.20 bits per heavy atom. The van der Waals surface area contributed by atoms with Crippen LogP contribution in [-0.4, -0.2) is 47.6 Å². The van der Waals surface area contributed by atoms with Crippen LogP contribution in [0, 0.1) is 5.82 Å². The minimum atomic E-state index is -3.47. The first-order chi connectivity index (χ1) is 11.9. The summed E-state index contributed by atoms with van der Waals surface area (Å²) in [4.78, 5) is 8.34. The van der Waals surface area contributed by atoms with Crippen LogP contribution in [0.2, 0.25) is 0 Å². The molecule has 0 radical (unpaired) electrons. The highest BCUT2D eigenvalue weighted by molar-refractivity contribution is 7.86. The van der Waals surface area contributed by atoms with Gasteiger partial charge in [-0.3, -0.25) is 4.98 Å². The van der Waals surface area contributed by atoms with Gasteiger partial charge in [0.05, 0.1) is 29.8 Å². The first-order valence-corrected chi connectivity index (χ1v) is 9.31. The molecule has 134 valence electrons. The summed E-state index contributed by atoms with van der Waals surface area (Å²) in [6.07, 6.45) is 4.30. The van der Waals surface area contributed by atoms with Crippen molar-refractivity contribution in [2.24, 2.45) is 0 Å². The lowest BCUT2D eigenvalue weighted by atomic mass is 10.1. The van der Waals surface area contributed by atoms with E-state index >= 15 is 0 Å². The van der Waals surface area contributed by atoms with Crippen LogP contribution in [0.3, 0.4) is 0 Å². The van der Waals surface area contributed by atoms with Gasteiger partial charge in [-0.1, -0.05) is 0 Å². The van der Waals surface area contributed by atoms with Crippen LogP contribution in [-0.2, 0) is 10.2 Å². The van der Waals surface area contributed by atoms with Gasteiger partial charge in [0.25, 0.3) is 10.2 Å². The predicted octanol–water partition coefficient (Wildman–Crippen LogP) is 2.30. The molecule has 2 aromatic heterocycles. The van der Waals surface area contributed by atoms with Crippen LogP contribution in [0.1, 0.15) is 24.6 Å². The van der Waals surface area contributed by atoms with Crippen molar-refractivity contribution in [3.05, 3.63) is 48.2 Å². The Bertz CT molecular complexity index is 825. The number of aromatic nitrogens is 2. The average molecular weight is 365 g/mol. The lowest BCUT2D eigenvalue weighted by Crippen LogP contribution is -2.39. The predicted molar refractivity (Wildman–Crippen MR) is 93.0 cm³/mol. The van der Waals surface area contributed by atoms with E-state index in [9.17, 15) is 12.8 Å². The van der Waals surface area contributed by atoms with Crippen molar-refractivity contribution in [3.63, 3.8) is 0 Å². The molecule has 9 heteroatoms. The molecular weight excluding hydrogens is 345 g/mol. The van der Waals surface area contributed by atoms with Crippen LogP contribution in [0.15, 0.2) is 36.7 Å². The van der Waals surface area contributed by atoms with Gasteiger partial charge in [0.15, 0.2) is 0 Å². The van der Waals surface area contributed by atoms with Gasteiger partial charge in [-0.05, 0) is 37.1 Å². The molecule has 1 unspecified atom stereocenters. The number of rotatable bonds is 5. The van der Waals surface area contributed by atoms with E-state index < -0.39 is 16.0 Å². The molecule has 0 aromatic carbocycles. The SMILES string of the molecule is CN(C)S(=O)(=O)N1CCCC1c1ccc(Nc2ccc(F)cn2)cn1. The first kappa shape index (κ1) is 17.7. The Morgan fingerprint density at radius 2 is 2.00 bits per heavy atom. The number of halogens is 1. The van der Waals surface area contributed by atoms with Crippen molar-refractivity contribution >= 4 is 21.7 Å². The van der Waals surface area contributed by atoms with Crippen molar-refractivity contribution in [2.75, 3.05) is 26.0 Å². The maximum atomic E-state index is 12.9. The molecule has 0 amide bonds. The van der Waals surface area contributed by atoms with Gasteiger partial charge in [-0.2, -0.15) is 17.0 Å². The maximum Gasteiger partial charge on any atom is 0.282 e. The zero-order valence-corrected chi connectivity index (χ0v) is 14.9. The molecule has 1 atom stereocenters. The number of anilines is 2. The van der Waals surface area contributed by atoms with Gasteiger partial charge in [-0.15, -0.1) is 0 Å². The van der Waals surface area contributed by atoms with E-state index in [1.807, 2.05) is 6.07 Å². The molecule has 3 rings (SSSR count). The monoisotopic (exact) mass is 365 g/mol. The minimum Gasteiger partial charge on any atom is -0.339 e. The van der Waals surface area contributed by atoms with E-state index in [0.29, 0.717) is 23.7 Å². The summed E-state index contributed by atoms with van der Waals surface area (Å²) in [5.74, 6) is 0.107. The smallest absolute Gasteiger partial charge is 0.282 e. The second kappa shape index (κ2) is 7.03. The van der Waals surface area contributed by atoms with Crippen molar-refractivity contribution < 1.29 is 12.8 Å². The van der Waals surface area contributed by atoms with E-state index in [-0.39, 0.29) is 6.04 Å². The van der Waals surface area contributed by atoms with Crippen LogP contribution in [0.5, 0.6) is 0 Å². The van der Waals surface area contributed by atoms with Crippen LogP contribution >= 0.6 is 0 Å². The van der Waals surface area contributed by atoms with Gasteiger partial charge in [-0.25, -0.2) is 9.37 Å². The molecule has 3 heterocycles. The Kier molecular flexibility index (Phi) is 4.98. The van der Waals surface area contributed by atoms with Crippen molar-refractivity contribution in [3.8, 4) is 0 Å². The van der Waals surface area contributed by atoms with Gasteiger partial charge in [0, 0.05) is 20.6 Å². The maximum absolute atomic E-state index is 12.9. The lowest BCUT2D eigenvalue weighted by molar-refractivity contribution is 0.358. The fourth-order valence-corrected chi connectivity index (χ4v) is 4.11. The van der Waals surface area contributed by atoms with E-state index in [1.165, 1.54) is 34.8 Å². The van der Waals surface area contributed by atoms with Gasteiger partial charge < -0.3 is 5.32 Å². The molecule has 2 aromatic rings. The third kappa shape index (κ3) is 3.78. The summed E-state index contributed by atoms with van der Waals surface area (Å²) in [6, 6.07) is 6.21. The summed E-state index contributed by atoms with van der Waals surface area (Å²) in [5.41, 5.74) is 1.41. The Labute approximate surface area is 146 Å². The molecule has 1 saturated heterocycles. The molecule has 25 heavy (non-hydrogen) atoms. The number of nitrogens with zero attached hydrogens (tertiary/aromatic N) is 4. The number of nitrogens with one attached hydrogen (secondary N) is 1. The standard InChI is InChI=1S/C16H20FN5O2S/c1-21(2)25(23,24)22-9-3-4-15(22)14-7-6-13(11-18-14)20-16-8-5-12(17)10-19-16/h5-8,10-11,15H,3-4,9H2,1-2H3,(H,19,20). The van der Waals surface area contributed by atoms with Gasteiger partial charge in [0.1, 0.15) is 11.6 Å². The van der Waals surface area contributed by atoms with Crippen molar-refractivity contribution in [1.29, 1.82) is 0 Å². The van der Waals surface area contributed by atoms with E-state index in [4.69, 9.17) is 0 Å². The molecule has 1 aliphatic rings. The average Bonchev–Trinajstić information content (AvgIpc) is 3.08. The zero-order chi connectivity index (χ0) is 18.0. The number of hydrogen-bond donors (Lipinski definition) is 1. The molecule has 1 N–H and O–H groups in total. The summed E-state index contributed by atoms with van der Waals surface area (Å²) in [6.45, 7) is 0.492. The summed E-state index contributed by atoms with van der Waals surface area (Å²) < 4.78 is 40.4. The normalized spacial score (nSPS) is 18.6. The molecule has 7 nitrogen and oxygen atoms in total.